The van der Waals surface area contributed by atoms with Crippen molar-refractivity contribution in [1.82, 2.24) is 9.97 Å². The lowest BCUT2D eigenvalue weighted by molar-refractivity contribution is -0.141. The van der Waals surface area contributed by atoms with E-state index in [1.165, 1.54) is 7.11 Å². The van der Waals surface area contributed by atoms with Gasteiger partial charge in [-0.05, 0) is 42.9 Å². The highest BCUT2D eigenvalue weighted by Crippen LogP contribution is 2.32. The fourth-order valence-electron chi connectivity index (χ4n) is 2.99. The Hall–Kier alpha value is -2.83. The van der Waals surface area contributed by atoms with E-state index in [4.69, 9.17) is 19.3 Å². The Morgan fingerprint density at radius 2 is 2.00 bits per heavy atom. The summed E-state index contributed by atoms with van der Waals surface area (Å²) in [6.07, 6.45) is 5.70. The molecular weight excluding hydrogens is 348 g/mol. The van der Waals surface area contributed by atoms with Crippen molar-refractivity contribution < 1.29 is 24.1 Å². The van der Waals surface area contributed by atoms with E-state index in [2.05, 4.69) is 9.97 Å². The molecule has 0 spiro atoms. The first-order valence-corrected chi connectivity index (χ1v) is 9.00. The van der Waals surface area contributed by atoms with E-state index in [9.17, 15) is 4.79 Å². The number of hydrogen-bond acceptors (Lipinski definition) is 6. The van der Waals surface area contributed by atoms with Crippen LogP contribution in [0, 0.1) is 11.8 Å². The van der Waals surface area contributed by atoms with E-state index in [0.717, 1.165) is 24.2 Å². The van der Waals surface area contributed by atoms with Crippen LogP contribution in [0.3, 0.4) is 0 Å². The third-order valence-corrected chi connectivity index (χ3v) is 4.63. The van der Waals surface area contributed by atoms with Crippen LogP contribution in [0.2, 0.25) is 0 Å². The first kappa shape index (κ1) is 18.9. The summed E-state index contributed by atoms with van der Waals surface area (Å²) in [4.78, 5) is 19.0. The molecule has 1 saturated carbocycles. The first-order valence-electron chi connectivity index (χ1n) is 9.00. The van der Waals surface area contributed by atoms with Gasteiger partial charge in [-0.25, -0.2) is 0 Å². The lowest BCUT2D eigenvalue weighted by Gasteiger charge is -2.34. The molecular formula is C20H24N2O5. The summed E-state index contributed by atoms with van der Waals surface area (Å²) in [7, 11) is 1.52. The van der Waals surface area contributed by atoms with Crippen molar-refractivity contribution in [3.05, 3.63) is 42.2 Å². The Bertz CT molecular complexity index is 759. The largest absolute Gasteiger partial charge is 0.493 e. The van der Waals surface area contributed by atoms with Crippen molar-refractivity contribution >= 4 is 5.97 Å². The number of carbonyl (C=O) groups is 1. The lowest BCUT2D eigenvalue weighted by atomic mass is 9.83. The summed E-state index contributed by atoms with van der Waals surface area (Å²) in [5, 5.41) is 9.03. The van der Waals surface area contributed by atoms with Gasteiger partial charge in [-0.1, -0.05) is 19.1 Å². The van der Waals surface area contributed by atoms with Gasteiger partial charge >= 0.3 is 12.0 Å². The third-order valence-electron chi connectivity index (χ3n) is 4.63. The van der Waals surface area contributed by atoms with Crippen LogP contribution in [0.5, 0.6) is 17.5 Å². The Morgan fingerprint density at radius 3 is 2.67 bits per heavy atom. The Kier molecular flexibility index (Phi) is 6.11. The first-order chi connectivity index (χ1) is 13.0. The van der Waals surface area contributed by atoms with Crippen LogP contribution >= 0.6 is 0 Å². The molecule has 1 fully saturated rings. The quantitative estimate of drug-likeness (QED) is 0.723. The molecule has 1 heterocycles. The zero-order valence-electron chi connectivity index (χ0n) is 15.5. The van der Waals surface area contributed by atoms with Gasteiger partial charge in [0.1, 0.15) is 5.75 Å². The predicted molar refractivity (Wildman–Crippen MR) is 98.2 cm³/mol. The lowest BCUT2D eigenvalue weighted by Crippen LogP contribution is -2.37. The maximum absolute atomic E-state index is 11.0. The summed E-state index contributed by atoms with van der Waals surface area (Å²) in [6.45, 7) is 2.33. The molecule has 1 unspecified atom stereocenters. The molecule has 1 atom stereocenters. The van der Waals surface area contributed by atoms with Crippen molar-refractivity contribution in [1.29, 1.82) is 0 Å². The highest BCUT2D eigenvalue weighted by atomic mass is 16.5. The SMILES string of the molecule is COc1ncc(OC2CC(COc3cccc(CC(C)C(=O)O)c3)C2)cn1. The van der Waals surface area contributed by atoms with Crippen LogP contribution < -0.4 is 14.2 Å². The number of methoxy groups -OCH3 is 1. The summed E-state index contributed by atoms with van der Waals surface area (Å²) >= 11 is 0. The number of carboxylic acids is 1. The number of ether oxygens (including phenoxy) is 3. The van der Waals surface area contributed by atoms with Crippen LogP contribution in [-0.4, -0.2) is 40.9 Å². The van der Waals surface area contributed by atoms with Crippen LogP contribution in [-0.2, 0) is 11.2 Å². The number of hydrogen-bond donors (Lipinski definition) is 1. The Morgan fingerprint density at radius 1 is 1.26 bits per heavy atom. The molecule has 7 nitrogen and oxygen atoms in total. The van der Waals surface area contributed by atoms with Gasteiger partial charge < -0.3 is 19.3 Å². The molecule has 144 valence electrons. The summed E-state index contributed by atoms with van der Waals surface area (Å²) < 4.78 is 16.6. The van der Waals surface area contributed by atoms with Crippen molar-refractivity contribution in [2.45, 2.75) is 32.3 Å². The smallest absolute Gasteiger partial charge is 0.316 e. The molecule has 0 amide bonds. The molecule has 27 heavy (non-hydrogen) atoms. The Balaban J connectivity index is 1.41. The molecule has 1 aromatic carbocycles. The average molecular weight is 372 g/mol. The van der Waals surface area contributed by atoms with Crippen LogP contribution in [0.15, 0.2) is 36.7 Å². The maximum atomic E-state index is 11.0. The van der Waals surface area contributed by atoms with Gasteiger partial charge in [-0.15, -0.1) is 0 Å². The highest BCUT2D eigenvalue weighted by molar-refractivity contribution is 5.69. The van der Waals surface area contributed by atoms with Crippen LogP contribution in [0.4, 0.5) is 0 Å². The van der Waals surface area contributed by atoms with Gasteiger partial charge in [0.2, 0.25) is 0 Å². The molecule has 1 aliphatic rings. The summed E-state index contributed by atoms with van der Waals surface area (Å²) in [6, 6.07) is 7.96. The van der Waals surface area contributed by atoms with Crippen LogP contribution in [0.1, 0.15) is 25.3 Å². The van der Waals surface area contributed by atoms with E-state index in [0.29, 0.717) is 30.7 Å². The number of aromatic nitrogens is 2. The van der Waals surface area contributed by atoms with Gasteiger partial charge in [0, 0.05) is 0 Å². The fraction of sp³-hybridized carbons (Fsp3) is 0.450. The molecule has 1 aliphatic carbocycles. The maximum Gasteiger partial charge on any atom is 0.316 e. The minimum absolute atomic E-state index is 0.151. The second kappa shape index (κ2) is 8.70. The zero-order chi connectivity index (χ0) is 19.2. The molecule has 1 N–H and O–H groups in total. The number of nitrogens with zero attached hydrogens (tertiary/aromatic N) is 2. The van der Waals surface area contributed by atoms with Crippen molar-refractivity contribution in [3.63, 3.8) is 0 Å². The topological polar surface area (TPSA) is 90.8 Å². The normalized spacial score (nSPS) is 19.6. The summed E-state index contributed by atoms with van der Waals surface area (Å²) in [5.74, 6) is 0.657. The van der Waals surface area contributed by atoms with Crippen molar-refractivity contribution in [3.8, 4) is 17.5 Å². The number of rotatable bonds is 9. The fourth-order valence-corrected chi connectivity index (χ4v) is 2.99. The van der Waals surface area contributed by atoms with Crippen molar-refractivity contribution in [2.24, 2.45) is 11.8 Å². The van der Waals surface area contributed by atoms with E-state index in [1.807, 2.05) is 24.3 Å². The van der Waals surface area contributed by atoms with E-state index in [1.54, 1.807) is 19.3 Å². The molecule has 0 radical (unpaired) electrons. The second-order valence-electron chi connectivity index (χ2n) is 6.88. The summed E-state index contributed by atoms with van der Waals surface area (Å²) in [5.41, 5.74) is 0.969. The molecule has 7 heteroatoms. The molecule has 3 rings (SSSR count). The molecule has 0 bridgehead atoms. The second-order valence-corrected chi connectivity index (χ2v) is 6.88. The van der Waals surface area contributed by atoms with Gasteiger partial charge in [-0.2, -0.15) is 9.97 Å². The number of aliphatic carboxylic acids is 1. The van der Waals surface area contributed by atoms with E-state index >= 15 is 0 Å². The number of benzene rings is 1. The van der Waals surface area contributed by atoms with Crippen LogP contribution in [0.25, 0.3) is 0 Å². The number of carboxylic acid groups (broad SMARTS) is 1. The van der Waals surface area contributed by atoms with Gasteiger partial charge in [0.15, 0.2) is 5.75 Å². The van der Waals surface area contributed by atoms with Crippen molar-refractivity contribution in [2.75, 3.05) is 13.7 Å². The van der Waals surface area contributed by atoms with Gasteiger partial charge in [-0.3, -0.25) is 4.79 Å². The van der Waals surface area contributed by atoms with E-state index in [-0.39, 0.29) is 6.10 Å². The average Bonchev–Trinajstić information content (AvgIpc) is 2.64. The molecule has 1 aromatic heterocycles. The minimum atomic E-state index is -0.788. The Labute approximate surface area is 158 Å². The third kappa shape index (κ3) is 5.32. The molecule has 2 aromatic rings. The highest BCUT2D eigenvalue weighted by Gasteiger charge is 2.31. The monoisotopic (exact) mass is 372 g/mol. The van der Waals surface area contributed by atoms with E-state index < -0.39 is 11.9 Å². The standard InChI is InChI=1S/C20H24N2O5/c1-13(19(23)24)6-14-4-3-5-16(7-14)26-12-15-8-17(9-15)27-18-10-21-20(25-2)22-11-18/h3-5,7,10-11,13,15,17H,6,8-9,12H2,1-2H3,(H,23,24). The molecule has 0 saturated heterocycles. The molecule has 0 aliphatic heterocycles. The minimum Gasteiger partial charge on any atom is -0.493 e. The zero-order valence-corrected chi connectivity index (χ0v) is 15.5. The van der Waals surface area contributed by atoms with Gasteiger partial charge in [0.05, 0.1) is 38.1 Å². The van der Waals surface area contributed by atoms with Gasteiger partial charge in [0.25, 0.3) is 0 Å². The predicted octanol–water partition coefficient (Wildman–Crippen LogP) is 2.98.